The minimum absolute atomic E-state index is 0. The summed E-state index contributed by atoms with van der Waals surface area (Å²) in [4.78, 5) is 0. The summed E-state index contributed by atoms with van der Waals surface area (Å²) in [5, 5.41) is 0. The maximum absolute atomic E-state index is 7.83. The molecular weight excluding hydrogens is 267 g/mol. The van der Waals surface area contributed by atoms with E-state index in [1.807, 2.05) is 0 Å². The van der Waals surface area contributed by atoms with Crippen molar-refractivity contribution in [2.75, 3.05) is 0 Å². The second-order valence-corrected chi connectivity index (χ2v) is 0. The Kier molecular flexibility index (Phi) is 1120. The zero-order chi connectivity index (χ0) is 2.00. The largest absolute Gasteiger partial charge is 2.00 e. The minimum atomic E-state index is 0. The average molecular weight is 273 g/mol. The smallest absolute Gasteiger partial charge is 0.358 e. The van der Waals surface area contributed by atoms with Crippen LogP contribution in [0.2, 0.25) is 0 Å². The van der Waals surface area contributed by atoms with Crippen molar-refractivity contribution in [3.05, 3.63) is 14.9 Å². The molecule has 0 rings (SSSR count). The standard InChI is InChI=1S/2CH3.OS.Pt/c;;1-2;/h2*1H3;;/q2*-1;;+2. The van der Waals surface area contributed by atoms with Crippen molar-refractivity contribution in [3.63, 3.8) is 0 Å². The van der Waals surface area contributed by atoms with E-state index in [0.717, 1.165) is 0 Å². The second-order valence-electron chi connectivity index (χ2n) is 0. The van der Waals surface area contributed by atoms with Crippen molar-refractivity contribution in [1.29, 1.82) is 0 Å². The molecule has 0 aromatic rings. The van der Waals surface area contributed by atoms with Crippen LogP contribution >= 0.6 is 0 Å². The van der Waals surface area contributed by atoms with Gasteiger partial charge in [0.15, 0.2) is 12.5 Å². The second kappa shape index (κ2) is 129. The number of hydrogen-bond acceptors (Lipinski definition) is 2. The van der Waals surface area contributed by atoms with E-state index in [2.05, 4.69) is 12.5 Å². The van der Waals surface area contributed by atoms with Crippen LogP contribution in [0.25, 0.3) is 0 Å². The summed E-state index contributed by atoms with van der Waals surface area (Å²) in [5.41, 5.74) is 0. The molecule has 0 aliphatic carbocycles. The molecule has 0 aliphatic heterocycles. The predicted octanol–water partition coefficient (Wildman–Crippen LogP) is 0.562. The van der Waals surface area contributed by atoms with Gasteiger partial charge >= 0.3 is 21.1 Å². The van der Waals surface area contributed by atoms with Crippen LogP contribution in [0.4, 0.5) is 0 Å². The van der Waals surface area contributed by atoms with Gasteiger partial charge in [-0.05, 0) is 0 Å². The first-order valence-electron chi connectivity index (χ1n) is 0.167. The molecule has 0 amide bonds. The van der Waals surface area contributed by atoms with Gasteiger partial charge in [0.05, 0.1) is 0 Å². The van der Waals surface area contributed by atoms with Gasteiger partial charge in [-0.2, -0.15) is 4.21 Å². The summed E-state index contributed by atoms with van der Waals surface area (Å²) in [5.74, 6) is 0. The van der Waals surface area contributed by atoms with E-state index in [-0.39, 0.29) is 35.9 Å². The van der Waals surface area contributed by atoms with E-state index < -0.39 is 0 Å². The van der Waals surface area contributed by atoms with Gasteiger partial charge in [-0.25, -0.2) is 0 Å². The molecule has 0 spiro atoms. The maximum atomic E-state index is 7.83. The quantitative estimate of drug-likeness (QED) is 0.600. The van der Waals surface area contributed by atoms with E-state index in [9.17, 15) is 0 Å². The minimum Gasteiger partial charge on any atom is -0.358 e. The van der Waals surface area contributed by atoms with Crippen molar-refractivity contribution < 1.29 is 25.3 Å². The van der Waals surface area contributed by atoms with Crippen LogP contribution < -0.4 is 0 Å². The molecule has 0 aromatic carbocycles. The first-order chi connectivity index (χ1) is 1.00. The van der Waals surface area contributed by atoms with Crippen molar-refractivity contribution in [3.8, 4) is 0 Å². The van der Waals surface area contributed by atoms with Gasteiger partial charge < -0.3 is 14.9 Å². The molecule has 0 aliphatic rings. The Bertz CT molecular complexity index is 9.61. The van der Waals surface area contributed by atoms with E-state index in [4.69, 9.17) is 4.21 Å². The van der Waals surface area contributed by atoms with Gasteiger partial charge in [0.2, 0.25) is 0 Å². The summed E-state index contributed by atoms with van der Waals surface area (Å²) >= 11 is 2.83. The predicted molar refractivity (Wildman–Crippen MR) is 21.0 cm³/mol. The molecule has 0 aromatic heterocycles. The van der Waals surface area contributed by atoms with Crippen LogP contribution in [0.3, 0.4) is 0 Å². The molecule has 0 N–H and O–H groups in total. The number of rotatable bonds is 0. The third-order valence-corrected chi connectivity index (χ3v) is 0. The van der Waals surface area contributed by atoms with E-state index in [1.165, 1.54) is 0 Å². The van der Waals surface area contributed by atoms with Crippen molar-refractivity contribution in [2.45, 2.75) is 0 Å². The molecule has 0 saturated heterocycles. The Balaban J connectivity index is -0.00000000167. The van der Waals surface area contributed by atoms with Crippen molar-refractivity contribution >= 4 is 12.5 Å². The van der Waals surface area contributed by atoms with Gasteiger partial charge in [0.1, 0.15) is 0 Å². The molecule has 0 bridgehead atoms. The maximum Gasteiger partial charge on any atom is 2.00 e. The first-order valence-corrected chi connectivity index (χ1v) is 0.500. The molecule has 0 atom stereocenters. The molecule has 3 heteroatoms. The Morgan fingerprint density at radius 2 is 1.00 bits per heavy atom. The van der Waals surface area contributed by atoms with E-state index in [0.29, 0.717) is 0 Å². The SMILES string of the molecule is O=S.[CH3-].[CH3-].[Pt+2]. The Hall–Kier alpha value is 0.708. The monoisotopic (exact) mass is 273 g/mol. The van der Waals surface area contributed by atoms with Crippen molar-refractivity contribution in [1.82, 2.24) is 0 Å². The van der Waals surface area contributed by atoms with Crippen LogP contribution in [0, 0.1) is 14.9 Å². The fourth-order valence-corrected chi connectivity index (χ4v) is 0. The van der Waals surface area contributed by atoms with Gasteiger partial charge in [-0.1, -0.05) is 0 Å². The normalized spacial score (nSPS) is 0.800. The van der Waals surface area contributed by atoms with Crippen LogP contribution in [0.5, 0.6) is 0 Å². The summed E-state index contributed by atoms with van der Waals surface area (Å²) in [6.07, 6.45) is 0. The molecule has 0 saturated carbocycles. The fraction of sp³-hybridized carbons (Fsp3) is 0. The third-order valence-electron chi connectivity index (χ3n) is 0. The molecule has 0 fully saturated rings. The first kappa shape index (κ1) is 43.4. The van der Waals surface area contributed by atoms with Gasteiger partial charge in [-0.3, -0.25) is 0 Å². The van der Waals surface area contributed by atoms with Crippen LogP contribution in [0.15, 0.2) is 0 Å². The van der Waals surface area contributed by atoms with Gasteiger partial charge in [0.25, 0.3) is 0 Å². The zero-order valence-electron chi connectivity index (χ0n) is 3.13. The Labute approximate surface area is 52.9 Å². The molecule has 0 unspecified atom stereocenters. The average Bonchev–Trinajstić information content (AvgIpc) is 1.00. The molecule has 36 valence electrons. The summed E-state index contributed by atoms with van der Waals surface area (Å²) < 4.78 is 7.83. The number of hydrogen-bond donors (Lipinski definition) is 0. The van der Waals surface area contributed by atoms with Crippen LogP contribution in [-0.4, -0.2) is 4.21 Å². The summed E-state index contributed by atoms with van der Waals surface area (Å²) in [7, 11) is 0. The molecule has 1 nitrogen and oxygen atoms in total. The van der Waals surface area contributed by atoms with Crippen LogP contribution in [-0.2, 0) is 33.6 Å². The third kappa shape index (κ3) is 68.8. The Morgan fingerprint density at radius 3 is 1.00 bits per heavy atom. The van der Waals surface area contributed by atoms with E-state index >= 15 is 0 Å². The zero-order valence-corrected chi connectivity index (χ0v) is 6.22. The van der Waals surface area contributed by atoms with Crippen LogP contribution in [0.1, 0.15) is 0 Å². The fourth-order valence-electron chi connectivity index (χ4n) is 0. The molecule has 5 heavy (non-hydrogen) atoms. The molecular formula is C2H6OPtS. The molecule has 0 heterocycles. The topological polar surface area (TPSA) is 17.1 Å². The summed E-state index contributed by atoms with van der Waals surface area (Å²) in [6, 6.07) is 0. The van der Waals surface area contributed by atoms with Gasteiger partial charge in [-0.15, -0.1) is 0 Å². The van der Waals surface area contributed by atoms with Crippen molar-refractivity contribution in [2.24, 2.45) is 0 Å². The van der Waals surface area contributed by atoms with E-state index in [1.54, 1.807) is 0 Å². The molecule has 0 radical (unpaired) electrons. The summed E-state index contributed by atoms with van der Waals surface area (Å²) in [6.45, 7) is 0. The van der Waals surface area contributed by atoms with Gasteiger partial charge in [0, 0.05) is 0 Å². The Morgan fingerprint density at radius 1 is 1.00 bits per heavy atom.